The van der Waals surface area contributed by atoms with Gasteiger partial charge < -0.3 is 15.4 Å². The molecule has 0 bridgehead atoms. The first-order valence-electron chi connectivity index (χ1n) is 10.4. The highest BCUT2D eigenvalue weighted by molar-refractivity contribution is 5.99. The fourth-order valence-corrected chi connectivity index (χ4v) is 3.99. The van der Waals surface area contributed by atoms with Crippen LogP contribution in [0.2, 0.25) is 0 Å². The predicted molar refractivity (Wildman–Crippen MR) is 113 cm³/mol. The van der Waals surface area contributed by atoms with Gasteiger partial charge in [-0.05, 0) is 38.0 Å². The van der Waals surface area contributed by atoms with E-state index in [0.29, 0.717) is 16.7 Å². The van der Waals surface area contributed by atoms with Crippen molar-refractivity contribution >= 4 is 28.3 Å². The molecule has 1 aliphatic rings. The van der Waals surface area contributed by atoms with Crippen molar-refractivity contribution in [2.24, 2.45) is 0 Å². The summed E-state index contributed by atoms with van der Waals surface area (Å²) in [7, 11) is 0. The molecule has 8 nitrogen and oxygen atoms in total. The lowest BCUT2D eigenvalue weighted by Gasteiger charge is -2.29. The number of imidazole rings is 1. The average Bonchev–Trinajstić information content (AvgIpc) is 3.46. The molecule has 12 heteroatoms. The molecular formula is C22H18F4N6O2. The summed E-state index contributed by atoms with van der Waals surface area (Å²) in [4.78, 5) is 27.3. The fraction of sp³-hybridized carbons (Fsp3) is 0.273. The van der Waals surface area contributed by atoms with Crippen molar-refractivity contribution in [2.45, 2.75) is 38.2 Å². The molecule has 0 saturated heterocycles. The van der Waals surface area contributed by atoms with E-state index in [9.17, 15) is 18.0 Å². The number of carbonyl (C=O) groups excluding carboxylic acids is 1. The van der Waals surface area contributed by atoms with Crippen molar-refractivity contribution < 1.29 is 27.1 Å². The third kappa shape index (κ3) is 3.95. The molecule has 0 spiro atoms. The summed E-state index contributed by atoms with van der Waals surface area (Å²) < 4.78 is 57.8. The second-order valence-electron chi connectivity index (χ2n) is 8.05. The highest BCUT2D eigenvalue weighted by atomic mass is 19.4. The van der Waals surface area contributed by atoms with E-state index in [1.165, 1.54) is 29.6 Å². The summed E-state index contributed by atoms with van der Waals surface area (Å²) in [5.74, 6) is -1.61. The summed E-state index contributed by atoms with van der Waals surface area (Å²) in [5.41, 5.74) is 7.35. The Bertz CT molecular complexity index is 1400. The van der Waals surface area contributed by atoms with Gasteiger partial charge >= 0.3 is 6.36 Å². The Labute approximate surface area is 190 Å². The maximum Gasteiger partial charge on any atom is 0.573 e. The van der Waals surface area contributed by atoms with Gasteiger partial charge in [0.05, 0.1) is 47.1 Å². The van der Waals surface area contributed by atoms with Crippen LogP contribution in [-0.2, 0) is 0 Å². The first-order chi connectivity index (χ1) is 16.1. The zero-order valence-electron chi connectivity index (χ0n) is 17.8. The predicted octanol–water partition coefficient (Wildman–Crippen LogP) is 4.26. The summed E-state index contributed by atoms with van der Waals surface area (Å²) in [6, 6.07) is 4.28. The number of pyridine rings is 1. The van der Waals surface area contributed by atoms with E-state index in [1.54, 1.807) is 11.3 Å². The highest BCUT2D eigenvalue weighted by Gasteiger charge is 2.38. The lowest BCUT2D eigenvalue weighted by atomic mass is 10.1. The molecular weight excluding hydrogens is 456 g/mol. The largest absolute Gasteiger partial charge is 0.573 e. The number of fused-ring (bicyclic) bond motifs is 3. The SMILES string of the molecule is CC(c1ccc(OC(F)(F)F)cn1)N(C(=O)c1cc2c(cc1F)nc(N)c1cncn12)C1CC1. The van der Waals surface area contributed by atoms with Crippen molar-refractivity contribution in [1.82, 2.24) is 24.3 Å². The summed E-state index contributed by atoms with van der Waals surface area (Å²) >= 11 is 0. The molecule has 4 aromatic rings. The van der Waals surface area contributed by atoms with Crippen LogP contribution < -0.4 is 10.5 Å². The molecule has 1 aliphatic carbocycles. The first kappa shape index (κ1) is 21.9. The topological polar surface area (TPSA) is 98.6 Å². The monoisotopic (exact) mass is 474 g/mol. The molecule has 3 aromatic heterocycles. The number of aromatic nitrogens is 4. The Kier molecular flexibility index (Phi) is 5.03. The number of nitrogens with two attached hydrogens (primary N) is 1. The van der Waals surface area contributed by atoms with Gasteiger partial charge in [0, 0.05) is 12.1 Å². The van der Waals surface area contributed by atoms with Crippen LogP contribution in [0.15, 0.2) is 43.0 Å². The number of nitrogens with zero attached hydrogens (tertiary/aromatic N) is 5. The Hall–Kier alpha value is -3.96. The summed E-state index contributed by atoms with van der Waals surface area (Å²) in [6.07, 6.45) is 0.575. The number of carbonyl (C=O) groups is 1. The van der Waals surface area contributed by atoms with E-state index in [-0.39, 0.29) is 22.9 Å². The van der Waals surface area contributed by atoms with E-state index >= 15 is 4.39 Å². The molecule has 176 valence electrons. The molecule has 34 heavy (non-hydrogen) atoms. The van der Waals surface area contributed by atoms with Gasteiger partial charge in [0.1, 0.15) is 22.9 Å². The minimum absolute atomic E-state index is 0.136. The zero-order chi connectivity index (χ0) is 24.2. The molecule has 3 heterocycles. The van der Waals surface area contributed by atoms with Crippen molar-refractivity contribution in [3.63, 3.8) is 0 Å². The Morgan fingerprint density at radius 3 is 2.65 bits per heavy atom. The van der Waals surface area contributed by atoms with Crippen molar-refractivity contribution in [3.8, 4) is 5.75 Å². The number of halogens is 4. The smallest absolute Gasteiger partial charge is 0.404 e. The van der Waals surface area contributed by atoms with Crippen LogP contribution in [0.3, 0.4) is 0 Å². The van der Waals surface area contributed by atoms with Gasteiger partial charge in [-0.15, -0.1) is 13.2 Å². The summed E-state index contributed by atoms with van der Waals surface area (Å²) in [6.45, 7) is 1.69. The number of nitrogen functional groups attached to an aromatic ring is 1. The quantitative estimate of drug-likeness (QED) is 0.434. The fourth-order valence-electron chi connectivity index (χ4n) is 3.99. The van der Waals surface area contributed by atoms with Crippen molar-refractivity contribution in [3.05, 3.63) is 60.1 Å². The lowest BCUT2D eigenvalue weighted by molar-refractivity contribution is -0.274. The van der Waals surface area contributed by atoms with E-state index in [1.807, 2.05) is 0 Å². The first-order valence-corrected chi connectivity index (χ1v) is 10.4. The molecule has 1 amide bonds. The molecule has 0 aliphatic heterocycles. The number of alkyl halides is 3. The van der Waals surface area contributed by atoms with Gasteiger partial charge in [-0.3, -0.25) is 14.2 Å². The van der Waals surface area contributed by atoms with Crippen LogP contribution >= 0.6 is 0 Å². The van der Waals surface area contributed by atoms with Gasteiger partial charge in [0.2, 0.25) is 0 Å². The molecule has 0 radical (unpaired) electrons. The maximum absolute atomic E-state index is 15.1. The minimum atomic E-state index is -4.83. The number of anilines is 1. The van der Waals surface area contributed by atoms with Crippen molar-refractivity contribution in [1.29, 1.82) is 0 Å². The van der Waals surface area contributed by atoms with Crippen molar-refractivity contribution in [2.75, 3.05) is 5.73 Å². The third-order valence-corrected chi connectivity index (χ3v) is 5.71. The number of amides is 1. The number of hydrogen-bond acceptors (Lipinski definition) is 6. The molecule has 2 N–H and O–H groups in total. The van der Waals surface area contributed by atoms with Gasteiger partial charge in [-0.1, -0.05) is 0 Å². The standard InChI is InChI=1S/C22H18F4N6O2/c1-11(16-5-4-13(8-29-16)34-22(24,25)26)32(12-2-3-12)21(33)14-6-18-17(7-15(14)23)30-20(27)19-9-28-10-31(18)19/h4-12H,2-3H2,1H3,(H2,27,30). The molecule has 1 atom stereocenters. The Morgan fingerprint density at radius 2 is 2.00 bits per heavy atom. The molecule has 5 rings (SSSR count). The zero-order valence-corrected chi connectivity index (χ0v) is 17.8. The molecule has 1 unspecified atom stereocenters. The van der Waals surface area contributed by atoms with Gasteiger partial charge in [-0.25, -0.2) is 14.4 Å². The van der Waals surface area contributed by atoms with Gasteiger partial charge in [0.15, 0.2) is 0 Å². The van der Waals surface area contributed by atoms with Crippen LogP contribution in [0.5, 0.6) is 5.75 Å². The molecule has 1 fully saturated rings. The summed E-state index contributed by atoms with van der Waals surface area (Å²) in [5, 5.41) is 0. The number of ether oxygens (including phenoxy) is 1. The van der Waals surface area contributed by atoms with E-state index in [2.05, 4.69) is 19.7 Å². The lowest BCUT2D eigenvalue weighted by Crippen LogP contribution is -2.36. The van der Waals surface area contributed by atoms with E-state index in [4.69, 9.17) is 5.73 Å². The second kappa shape index (κ2) is 7.82. The average molecular weight is 474 g/mol. The van der Waals surface area contributed by atoms with Crippen LogP contribution in [-0.4, -0.2) is 42.6 Å². The van der Waals surface area contributed by atoms with Crippen LogP contribution in [0, 0.1) is 5.82 Å². The van der Waals surface area contributed by atoms with Crippen LogP contribution in [0.1, 0.15) is 41.9 Å². The third-order valence-electron chi connectivity index (χ3n) is 5.71. The minimum Gasteiger partial charge on any atom is -0.404 e. The van der Waals surface area contributed by atoms with E-state index in [0.717, 1.165) is 31.2 Å². The van der Waals surface area contributed by atoms with Gasteiger partial charge in [0.25, 0.3) is 5.91 Å². The Morgan fingerprint density at radius 1 is 1.24 bits per heavy atom. The normalized spacial score (nSPS) is 15.0. The molecule has 1 saturated carbocycles. The number of hydrogen-bond donors (Lipinski definition) is 1. The highest BCUT2D eigenvalue weighted by Crippen LogP contribution is 2.36. The Balaban J connectivity index is 1.50. The molecule has 1 aromatic carbocycles. The maximum atomic E-state index is 15.1. The van der Waals surface area contributed by atoms with E-state index < -0.39 is 29.9 Å². The van der Waals surface area contributed by atoms with Crippen LogP contribution in [0.4, 0.5) is 23.4 Å². The second-order valence-corrected chi connectivity index (χ2v) is 8.05. The number of benzene rings is 1. The van der Waals surface area contributed by atoms with Crippen LogP contribution in [0.25, 0.3) is 16.6 Å². The number of rotatable bonds is 5. The van der Waals surface area contributed by atoms with Gasteiger partial charge in [-0.2, -0.15) is 0 Å².